The van der Waals surface area contributed by atoms with E-state index in [1.807, 2.05) is 64.5 Å². The summed E-state index contributed by atoms with van der Waals surface area (Å²) in [6.45, 7) is 4.64. The smallest absolute Gasteiger partial charge is 0.255 e. The van der Waals surface area contributed by atoms with Crippen LogP contribution in [0.3, 0.4) is 0 Å². The van der Waals surface area contributed by atoms with E-state index in [0.717, 1.165) is 43.2 Å². The zero-order chi connectivity index (χ0) is 23.3. The molecule has 0 radical (unpaired) electrons. The van der Waals surface area contributed by atoms with Crippen LogP contribution >= 0.6 is 11.8 Å². The number of carbonyl (C=O) groups excluding carboxylic acids is 2. The van der Waals surface area contributed by atoms with Crippen molar-refractivity contribution in [3.63, 3.8) is 0 Å². The van der Waals surface area contributed by atoms with Gasteiger partial charge in [-0.1, -0.05) is 36.4 Å². The maximum atomic E-state index is 13.3. The fourth-order valence-corrected chi connectivity index (χ4v) is 5.53. The molecule has 174 valence electrons. The summed E-state index contributed by atoms with van der Waals surface area (Å²) in [6, 6.07) is 19.8. The fraction of sp³-hybridized carbons (Fsp3) is 0.296. The van der Waals surface area contributed by atoms with E-state index >= 15 is 0 Å². The molecule has 0 bridgehead atoms. The Hall–Kier alpha value is -3.16. The van der Waals surface area contributed by atoms with Crippen molar-refractivity contribution >= 4 is 29.3 Å². The van der Waals surface area contributed by atoms with E-state index in [1.54, 1.807) is 6.20 Å². The molecule has 3 aromatic rings. The number of carbonyl (C=O) groups is 2. The van der Waals surface area contributed by atoms with Crippen molar-refractivity contribution in [1.82, 2.24) is 14.8 Å². The number of benzene rings is 2. The highest BCUT2D eigenvalue weighted by molar-refractivity contribution is 8.00. The van der Waals surface area contributed by atoms with Crippen molar-refractivity contribution in [2.75, 3.05) is 43.4 Å². The third kappa shape index (κ3) is 5.00. The summed E-state index contributed by atoms with van der Waals surface area (Å²) in [6.07, 6.45) is 4.58. The van der Waals surface area contributed by atoms with Gasteiger partial charge in [0.1, 0.15) is 0 Å². The highest BCUT2D eigenvalue weighted by Crippen LogP contribution is 2.30. The molecule has 7 heteroatoms. The van der Waals surface area contributed by atoms with Crippen LogP contribution in [0.5, 0.6) is 0 Å². The zero-order valence-electron chi connectivity index (χ0n) is 19.1. The molecule has 1 aromatic heterocycles. The van der Waals surface area contributed by atoms with Crippen LogP contribution in [-0.2, 0) is 17.8 Å². The monoisotopic (exact) mass is 472 g/mol. The van der Waals surface area contributed by atoms with Crippen molar-refractivity contribution in [3.05, 3.63) is 89.7 Å². The van der Waals surface area contributed by atoms with E-state index in [2.05, 4.69) is 22.0 Å². The van der Waals surface area contributed by atoms with E-state index in [-0.39, 0.29) is 11.8 Å². The Morgan fingerprint density at radius 2 is 1.68 bits per heavy atom. The van der Waals surface area contributed by atoms with Crippen LogP contribution in [0.1, 0.15) is 21.5 Å². The van der Waals surface area contributed by atoms with E-state index in [4.69, 9.17) is 0 Å². The van der Waals surface area contributed by atoms with Gasteiger partial charge in [-0.05, 0) is 41.8 Å². The van der Waals surface area contributed by atoms with Gasteiger partial charge in [-0.15, -0.1) is 11.8 Å². The van der Waals surface area contributed by atoms with Crippen molar-refractivity contribution in [3.8, 4) is 0 Å². The summed E-state index contributed by atoms with van der Waals surface area (Å²) in [5, 5.41) is 0. The average Bonchev–Trinajstić information content (AvgIpc) is 3.32. The first-order valence-electron chi connectivity index (χ1n) is 11.7. The molecule has 34 heavy (non-hydrogen) atoms. The summed E-state index contributed by atoms with van der Waals surface area (Å²) in [4.78, 5) is 37.5. The number of piperazine rings is 1. The summed E-state index contributed by atoms with van der Waals surface area (Å²) >= 11 is 1.46. The lowest BCUT2D eigenvalue weighted by Gasteiger charge is -2.35. The molecule has 0 atom stereocenters. The lowest BCUT2D eigenvalue weighted by atomic mass is 10.1. The molecule has 2 aliphatic heterocycles. The predicted molar refractivity (Wildman–Crippen MR) is 135 cm³/mol. The van der Waals surface area contributed by atoms with Crippen molar-refractivity contribution in [2.45, 2.75) is 17.9 Å². The second kappa shape index (κ2) is 10.4. The Balaban J connectivity index is 1.19. The van der Waals surface area contributed by atoms with Gasteiger partial charge in [0.15, 0.2) is 0 Å². The summed E-state index contributed by atoms with van der Waals surface area (Å²) < 4.78 is 0. The van der Waals surface area contributed by atoms with E-state index in [1.165, 1.54) is 22.9 Å². The molecule has 0 unspecified atom stereocenters. The molecule has 2 amide bonds. The molecule has 0 saturated carbocycles. The van der Waals surface area contributed by atoms with Crippen molar-refractivity contribution in [1.29, 1.82) is 0 Å². The quantitative estimate of drug-likeness (QED) is 0.512. The van der Waals surface area contributed by atoms with Crippen molar-refractivity contribution in [2.24, 2.45) is 0 Å². The molecule has 6 nitrogen and oxygen atoms in total. The Bertz CT molecular complexity index is 1160. The van der Waals surface area contributed by atoms with E-state index < -0.39 is 0 Å². The number of para-hydroxylation sites is 1. The van der Waals surface area contributed by atoms with Crippen LogP contribution in [-0.4, -0.2) is 65.1 Å². The number of aromatic nitrogens is 1. The number of thioether (sulfide) groups is 1. The SMILES string of the molecule is O=C(c1ccccc1SCC(=O)N1CCc2ccccc21)N1CCN(Cc2cccnc2)CC1. The Kier molecular flexibility index (Phi) is 6.92. The van der Waals surface area contributed by atoms with Crippen molar-refractivity contribution < 1.29 is 9.59 Å². The van der Waals surface area contributed by atoms with Gasteiger partial charge < -0.3 is 9.80 Å². The summed E-state index contributed by atoms with van der Waals surface area (Å²) in [5.41, 5.74) is 4.11. The van der Waals surface area contributed by atoms with Gasteiger partial charge in [0.2, 0.25) is 5.91 Å². The van der Waals surface area contributed by atoms with Crippen LogP contribution in [0, 0.1) is 0 Å². The minimum atomic E-state index is 0.0445. The normalized spacial score (nSPS) is 15.9. The molecule has 2 aromatic carbocycles. The maximum absolute atomic E-state index is 13.3. The second-order valence-electron chi connectivity index (χ2n) is 8.64. The Morgan fingerprint density at radius 3 is 2.50 bits per heavy atom. The lowest BCUT2D eigenvalue weighted by molar-refractivity contribution is -0.116. The number of hydrogen-bond acceptors (Lipinski definition) is 5. The molecule has 0 aliphatic carbocycles. The highest BCUT2D eigenvalue weighted by Gasteiger charge is 2.26. The first-order chi connectivity index (χ1) is 16.7. The third-order valence-corrected chi connectivity index (χ3v) is 7.50. The van der Waals surface area contributed by atoms with Gasteiger partial charge in [-0.25, -0.2) is 0 Å². The van der Waals surface area contributed by atoms with Crippen LogP contribution in [0.4, 0.5) is 5.69 Å². The molecule has 2 aliphatic rings. The Morgan fingerprint density at radius 1 is 0.882 bits per heavy atom. The first kappa shape index (κ1) is 22.6. The van der Waals surface area contributed by atoms with Gasteiger partial charge in [0.25, 0.3) is 5.91 Å². The largest absolute Gasteiger partial charge is 0.336 e. The van der Waals surface area contributed by atoms with Crippen LogP contribution < -0.4 is 4.90 Å². The minimum Gasteiger partial charge on any atom is -0.336 e. The molecule has 1 saturated heterocycles. The van der Waals surface area contributed by atoms with Gasteiger partial charge in [-0.2, -0.15) is 0 Å². The molecule has 5 rings (SSSR count). The molecule has 1 fully saturated rings. The number of hydrogen-bond donors (Lipinski definition) is 0. The van der Waals surface area contributed by atoms with Gasteiger partial charge in [-0.3, -0.25) is 19.5 Å². The van der Waals surface area contributed by atoms with Gasteiger partial charge >= 0.3 is 0 Å². The summed E-state index contributed by atoms with van der Waals surface area (Å²) in [7, 11) is 0. The zero-order valence-corrected chi connectivity index (χ0v) is 19.9. The number of rotatable bonds is 6. The van der Waals surface area contributed by atoms with Gasteiger partial charge in [0.05, 0.1) is 11.3 Å². The minimum absolute atomic E-state index is 0.0445. The lowest BCUT2D eigenvalue weighted by Crippen LogP contribution is -2.48. The van der Waals surface area contributed by atoms with Crippen LogP contribution in [0.2, 0.25) is 0 Å². The Labute approximate surface area is 204 Å². The van der Waals surface area contributed by atoms with Crippen LogP contribution in [0.15, 0.2) is 78.0 Å². The molecule has 0 spiro atoms. The fourth-order valence-electron chi connectivity index (χ4n) is 4.61. The predicted octanol–water partition coefficient (Wildman–Crippen LogP) is 3.72. The number of nitrogens with zero attached hydrogens (tertiary/aromatic N) is 4. The second-order valence-corrected chi connectivity index (χ2v) is 9.66. The first-order valence-corrected chi connectivity index (χ1v) is 12.7. The number of amides is 2. The topological polar surface area (TPSA) is 56.8 Å². The standard InChI is InChI=1S/C27H28N4O2S/c32-26(31-13-11-22-7-1-3-9-24(22)31)20-34-25-10-4-2-8-23(25)27(33)30-16-14-29(15-17-30)19-21-6-5-12-28-18-21/h1-10,12,18H,11,13-17,19-20H2. The summed E-state index contributed by atoms with van der Waals surface area (Å²) in [5.74, 6) is 0.446. The van der Waals surface area contributed by atoms with Crippen LogP contribution in [0.25, 0.3) is 0 Å². The number of fused-ring (bicyclic) bond motifs is 1. The molecule has 0 N–H and O–H groups in total. The average molecular weight is 473 g/mol. The maximum Gasteiger partial charge on any atom is 0.255 e. The molecular formula is C27H28N4O2S. The number of anilines is 1. The van der Waals surface area contributed by atoms with Gasteiger partial charge in [0, 0.05) is 62.2 Å². The van der Waals surface area contributed by atoms with E-state index in [9.17, 15) is 9.59 Å². The highest BCUT2D eigenvalue weighted by atomic mass is 32.2. The molecule has 3 heterocycles. The molecular weight excluding hydrogens is 444 g/mol. The van der Waals surface area contributed by atoms with E-state index in [0.29, 0.717) is 24.4 Å². The number of pyridine rings is 1. The third-order valence-electron chi connectivity index (χ3n) is 6.45.